The molecule has 0 saturated heterocycles. The van der Waals surface area contributed by atoms with Crippen LogP contribution in [0.25, 0.3) is 0 Å². The third-order valence-electron chi connectivity index (χ3n) is 2.04. The molecule has 0 aliphatic heterocycles. The Bertz CT molecular complexity index is 415. The molecule has 0 aliphatic carbocycles. The highest BCUT2D eigenvalue weighted by atomic mass is 32.2. The predicted octanol–water partition coefficient (Wildman–Crippen LogP) is 3.04. The van der Waals surface area contributed by atoms with E-state index in [0.29, 0.717) is 0 Å². The van der Waals surface area contributed by atoms with E-state index in [0.717, 1.165) is 6.07 Å². The number of halogens is 2. The summed E-state index contributed by atoms with van der Waals surface area (Å²) in [7, 11) is 0. The average Bonchev–Trinajstić information content (AvgIpc) is 2.22. The third-order valence-corrected chi connectivity index (χ3v) is 3.43. The van der Waals surface area contributed by atoms with Gasteiger partial charge in [-0.25, -0.2) is 8.78 Å². The zero-order valence-electron chi connectivity index (χ0n) is 10.0. The molecule has 0 fully saturated rings. The molecule has 94 valence electrons. The van der Waals surface area contributed by atoms with Gasteiger partial charge in [-0.15, -0.1) is 0 Å². The van der Waals surface area contributed by atoms with E-state index in [1.54, 1.807) is 20.8 Å². The van der Waals surface area contributed by atoms with E-state index < -0.39 is 27.7 Å². The molecule has 0 radical (unpaired) electrons. The minimum absolute atomic E-state index is 0.130. The molecule has 1 unspecified atom stereocenters. The highest BCUT2D eigenvalue weighted by Crippen LogP contribution is 2.17. The van der Waals surface area contributed by atoms with E-state index in [4.69, 9.17) is 0 Å². The lowest BCUT2D eigenvalue weighted by Crippen LogP contribution is -2.25. The van der Waals surface area contributed by atoms with Crippen LogP contribution < -0.4 is 0 Å². The van der Waals surface area contributed by atoms with Crippen molar-refractivity contribution in [2.45, 2.75) is 31.9 Å². The lowest BCUT2D eigenvalue weighted by Gasteiger charge is -2.17. The van der Waals surface area contributed by atoms with Gasteiger partial charge in [0.15, 0.2) is 11.6 Å². The maximum absolute atomic E-state index is 13.2. The number of hydrogen-bond donors (Lipinski definition) is 0. The van der Waals surface area contributed by atoms with Crippen LogP contribution in [0.1, 0.15) is 26.3 Å². The van der Waals surface area contributed by atoms with E-state index >= 15 is 0 Å². The van der Waals surface area contributed by atoms with Crippen molar-refractivity contribution < 1.29 is 13.3 Å². The number of nitrogens with zero attached hydrogens (tertiary/aromatic N) is 1. The lowest BCUT2D eigenvalue weighted by molar-refractivity contribution is 0.502. The summed E-state index contributed by atoms with van der Waals surface area (Å²) in [5.41, 5.74) is 0.208. The normalized spacial score (nSPS) is 14.2. The summed E-state index contributed by atoms with van der Waals surface area (Å²) in [6.45, 7) is 5.38. The molecule has 1 aromatic rings. The fourth-order valence-corrected chi connectivity index (χ4v) is 1.59. The van der Waals surface area contributed by atoms with Gasteiger partial charge in [0.25, 0.3) is 0 Å². The summed E-state index contributed by atoms with van der Waals surface area (Å²) in [5.74, 6) is -1.76. The molecular formula is C12H15F2NOS. The fourth-order valence-electron chi connectivity index (χ4n) is 1.07. The van der Waals surface area contributed by atoms with Gasteiger partial charge in [-0.3, -0.25) is 0 Å². The Morgan fingerprint density at radius 1 is 1.35 bits per heavy atom. The number of hydrogen-bond acceptors (Lipinski definition) is 2. The Balaban J connectivity index is 2.68. The van der Waals surface area contributed by atoms with E-state index in [1.807, 2.05) is 0 Å². The summed E-state index contributed by atoms with van der Waals surface area (Å²) in [4.78, 5) is 0. The molecule has 0 aromatic heterocycles. The van der Waals surface area contributed by atoms with Gasteiger partial charge in [0.2, 0.25) is 0 Å². The zero-order chi connectivity index (χ0) is 13.1. The number of rotatable bonds is 3. The van der Waals surface area contributed by atoms with Crippen LogP contribution >= 0.6 is 0 Å². The van der Waals surface area contributed by atoms with Crippen molar-refractivity contribution in [1.29, 1.82) is 0 Å². The summed E-state index contributed by atoms with van der Waals surface area (Å²) in [6, 6.07) is 3.97. The summed E-state index contributed by atoms with van der Waals surface area (Å²) in [5, 5.41) is 0. The van der Waals surface area contributed by atoms with Crippen molar-refractivity contribution in [2.75, 3.05) is 0 Å². The van der Waals surface area contributed by atoms with E-state index in [1.165, 1.54) is 18.3 Å². The van der Waals surface area contributed by atoms with Crippen LogP contribution in [0.15, 0.2) is 22.6 Å². The van der Waals surface area contributed by atoms with Crippen molar-refractivity contribution in [3.63, 3.8) is 0 Å². The second-order valence-corrected chi connectivity index (χ2v) is 6.50. The second-order valence-electron chi connectivity index (χ2n) is 4.57. The Hall–Kier alpha value is -0.940. The molecule has 0 heterocycles. The standard InChI is InChI=1S/C12H15F2NOS/c1-12(2,3)17(16)15-8-7-9-5-4-6-10(13)11(9)14/h4-6,8H,7H2,1-3H3/b15-8-. The molecule has 0 saturated carbocycles. The van der Waals surface area contributed by atoms with Crippen LogP contribution in [-0.4, -0.2) is 15.5 Å². The lowest BCUT2D eigenvalue weighted by atomic mass is 10.1. The molecule has 2 nitrogen and oxygen atoms in total. The van der Waals surface area contributed by atoms with Crippen molar-refractivity contribution in [3.8, 4) is 0 Å². The molecule has 1 atom stereocenters. The first-order chi connectivity index (χ1) is 7.82. The largest absolute Gasteiger partial charge is 0.591 e. The monoisotopic (exact) mass is 259 g/mol. The first-order valence-electron chi connectivity index (χ1n) is 5.20. The summed E-state index contributed by atoms with van der Waals surface area (Å²) in [6.07, 6.45) is 1.49. The summed E-state index contributed by atoms with van der Waals surface area (Å²) < 4.78 is 41.0. The highest BCUT2D eigenvalue weighted by molar-refractivity contribution is 7.91. The molecule has 5 heteroatoms. The first-order valence-corrected chi connectivity index (χ1v) is 6.30. The van der Waals surface area contributed by atoms with Gasteiger partial charge in [-0.05, 0) is 32.4 Å². The van der Waals surface area contributed by atoms with Gasteiger partial charge in [-0.1, -0.05) is 16.5 Å². The minimum Gasteiger partial charge on any atom is -0.591 e. The van der Waals surface area contributed by atoms with Gasteiger partial charge in [0.1, 0.15) is 16.1 Å². The van der Waals surface area contributed by atoms with Gasteiger partial charge in [-0.2, -0.15) is 0 Å². The SMILES string of the molecule is CC(C)(C)[S+]([O-])/N=C\Cc1cccc(F)c1F. The fraction of sp³-hybridized carbons (Fsp3) is 0.417. The van der Waals surface area contributed by atoms with Gasteiger partial charge >= 0.3 is 0 Å². The third kappa shape index (κ3) is 4.09. The van der Waals surface area contributed by atoms with Crippen LogP contribution in [-0.2, 0) is 17.8 Å². The van der Waals surface area contributed by atoms with Crippen LogP contribution in [0, 0.1) is 11.6 Å². The zero-order valence-corrected chi connectivity index (χ0v) is 10.9. The van der Waals surface area contributed by atoms with E-state index in [9.17, 15) is 13.3 Å². The Morgan fingerprint density at radius 3 is 2.59 bits per heavy atom. The predicted molar refractivity (Wildman–Crippen MR) is 66.4 cm³/mol. The maximum Gasteiger partial charge on any atom is 0.162 e. The Labute approximate surface area is 103 Å². The molecule has 0 bridgehead atoms. The molecule has 1 rings (SSSR count). The molecule has 0 spiro atoms. The van der Waals surface area contributed by atoms with Gasteiger partial charge < -0.3 is 4.55 Å². The molecular weight excluding hydrogens is 244 g/mol. The van der Waals surface area contributed by atoms with Crippen LogP contribution in [0.2, 0.25) is 0 Å². The Kier molecular flexibility index (Phi) is 4.65. The average molecular weight is 259 g/mol. The topological polar surface area (TPSA) is 35.4 Å². The highest BCUT2D eigenvalue weighted by Gasteiger charge is 2.25. The van der Waals surface area contributed by atoms with E-state index in [-0.39, 0.29) is 12.0 Å². The van der Waals surface area contributed by atoms with Crippen molar-refractivity contribution in [1.82, 2.24) is 0 Å². The number of benzene rings is 1. The quantitative estimate of drug-likeness (QED) is 0.607. The van der Waals surface area contributed by atoms with E-state index in [2.05, 4.69) is 4.40 Å². The molecule has 0 aliphatic rings. The van der Waals surface area contributed by atoms with Crippen LogP contribution in [0.4, 0.5) is 8.78 Å². The molecule has 1 aromatic carbocycles. The minimum atomic E-state index is -1.37. The van der Waals surface area contributed by atoms with Gasteiger partial charge in [0, 0.05) is 6.42 Å². The summed E-state index contributed by atoms with van der Waals surface area (Å²) >= 11 is -1.37. The van der Waals surface area contributed by atoms with Crippen molar-refractivity contribution >= 4 is 17.6 Å². The first kappa shape index (κ1) is 14.1. The molecule has 0 amide bonds. The van der Waals surface area contributed by atoms with Crippen molar-refractivity contribution in [3.05, 3.63) is 35.4 Å². The van der Waals surface area contributed by atoms with Crippen LogP contribution in [0.3, 0.4) is 0 Å². The molecule has 0 N–H and O–H groups in total. The molecule has 17 heavy (non-hydrogen) atoms. The van der Waals surface area contributed by atoms with Crippen LogP contribution in [0.5, 0.6) is 0 Å². The van der Waals surface area contributed by atoms with Gasteiger partial charge in [0.05, 0.1) is 6.21 Å². The van der Waals surface area contributed by atoms with Crippen molar-refractivity contribution in [2.24, 2.45) is 4.40 Å². The Morgan fingerprint density at radius 2 is 2.00 bits per heavy atom. The smallest absolute Gasteiger partial charge is 0.162 e. The second kappa shape index (κ2) is 5.60. The maximum atomic E-state index is 13.2.